The Morgan fingerprint density at radius 1 is 0.371 bits per heavy atom. The van der Waals surface area contributed by atoms with Crippen molar-refractivity contribution in [3.63, 3.8) is 0 Å². The van der Waals surface area contributed by atoms with Gasteiger partial charge in [-0.15, -0.1) is 22.7 Å². The maximum Gasteiger partial charge on any atom is 0.235 e. The van der Waals surface area contributed by atoms with Crippen LogP contribution in [0.25, 0.3) is 107 Å². The summed E-state index contributed by atoms with van der Waals surface area (Å²) < 4.78 is 7.73. The van der Waals surface area contributed by atoms with E-state index in [0.717, 1.165) is 22.7 Å². The fourth-order valence-corrected chi connectivity index (χ4v) is 14.3. The normalized spacial score (nSPS) is 14.5. The molecule has 1 atom stereocenters. The van der Waals surface area contributed by atoms with E-state index >= 15 is 0 Å². The fraction of sp³-hybridized carbons (Fsp3) is 0.0152. The van der Waals surface area contributed by atoms with Gasteiger partial charge in [0.15, 0.2) is 0 Å². The first-order chi connectivity index (χ1) is 34.8. The number of benzene rings is 10. The zero-order chi connectivity index (χ0) is 45.9. The lowest BCUT2D eigenvalue weighted by molar-refractivity contribution is 0.897. The second kappa shape index (κ2) is 15.6. The molecule has 3 heterocycles. The third kappa shape index (κ3) is 5.81. The highest BCUT2D eigenvalue weighted by Gasteiger charge is 2.42. The van der Waals surface area contributed by atoms with E-state index in [9.17, 15) is 0 Å². The number of anilines is 2. The molecule has 0 bridgehead atoms. The van der Waals surface area contributed by atoms with Crippen LogP contribution in [0.3, 0.4) is 0 Å². The van der Waals surface area contributed by atoms with Crippen LogP contribution in [0, 0.1) is 0 Å². The van der Waals surface area contributed by atoms with Crippen LogP contribution in [-0.4, -0.2) is 11.8 Å². The molecule has 0 radical (unpaired) electrons. The summed E-state index contributed by atoms with van der Waals surface area (Å²) in [6.45, 7) is 0. The molecule has 326 valence electrons. The van der Waals surface area contributed by atoms with Crippen molar-refractivity contribution in [2.75, 3.05) is 4.90 Å². The van der Waals surface area contributed by atoms with Crippen LogP contribution in [0.15, 0.2) is 243 Å². The Balaban J connectivity index is 1.11. The minimum atomic E-state index is -0.0375. The number of rotatable bonds is 4. The largest absolute Gasteiger partial charge is 0.319 e. The molecule has 1 unspecified atom stereocenters. The van der Waals surface area contributed by atoms with E-state index in [2.05, 4.69) is 252 Å². The van der Waals surface area contributed by atoms with Crippen molar-refractivity contribution in [3.8, 4) is 66.8 Å². The van der Waals surface area contributed by atoms with Gasteiger partial charge in [-0.25, -0.2) is 0 Å². The molecule has 0 amide bonds. The van der Waals surface area contributed by atoms with Gasteiger partial charge in [0.2, 0.25) is 17.1 Å². The van der Waals surface area contributed by atoms with E-state index in [1.807, 2.05) is 22.7 Å². The number of para-hydroxylation sites is 2. The van der Waals surface area contributed by atoms with Gasteiger partial charge >= 0.3 is 0 Å². The first-order valence-electron chi connectivity index (χ1n) is 24.0. The first kappa shape index (κ1) is 39.6. The van der Waals surface area contributed by atoms with Gasteiger partial charge in [0, 0.05) is 81.4 Å². The summed E-state index contributed by atoms with van der Waals surface area (Å²) in [6, 6.07) is 81.7. The SMILES string of the molecule is C1=CC2=[N+](c3ccccc3)c3cc4c(cc3N(c3ccccc3)C2C=C1)-c1cccc(-c2cccc3c2sc2ccccc23)c1-c1c(cccc1-c1cccc2c1sc1ccccc12)-c1ccccc1-4. The third-order valence-electron chi connectivity index (χ3n) is 14.7. The Morgan fingerprint density at radius 2 is 0.829 bits per heavy atom. The average Bonchev–Trinajstić information content (AvgIpc) is 4.01. The van der Waals surface area contributed by atoms with E-state index in [1.165, 1.54) is 113 Å². The van der Waals surface area contributed by atoms with Crippen LogP contribution in [0.2, 0.25) is 0 Å². The lowest BCUT2D eigenvalue weighted by atomic mass is 9.75. The number of thiophene rings is 2. The Hall–Kier alpha value is -8.41. The number of hydrogen-bond acceptors (Lipinski definition) is 3. The lowest BCUT2D eigenvalue weighted by Gasteiger charge is -2.37. The highest BCUT2D eigenvalue weighted by Crippen LogP contribution is 2.58. The molecule has 2 aromatic heterocycles. The predicted molar refractivity (Wildman–Crippen MR) is 302 cm³/mol. The highest BCUT2D eigenvalue weighted by molar-refractivity contribution is 7.26. The molecule has 12 aromatic rings. The number of nitrogens with zero attached hydrogens (tertiary/aromatic N) is 2. The summed E-state index contributed by atoms with van der Waals surface area (Å²) in [5, 5.41) is 5.21. The summed E-state index contributed by atoms with van der Waals surface area (Å²) in [5.74, 6) is 0. The van der Waals surface area contributed by atoms with Gasteiger partial charge < -0.3 is 4.90 Å². The van der Waals surface area contributed by atoms with Crippen molar-refractivity contribution in [2.24, 2.45) is 0 Å². The standard InChI is InChI=1S/C66H41N2S2/c1-3-19-41(20-4-1)67-57-35-11-12-36-58(57)68(42-21-5-2-6-22-42)60-40-56-50-30-16-29-49(54-34-18-32-52-46-26-10-14-38-62(46)70-66(52)54)64(50)63-47(43-23-7-8-24-44(43)55(56)39-59(60)67)27-15-28-48(63)53-33-17-31-51-45-25-9-13-37-61(45)69-65(51)53/h1-40,58H/q+1. The first-order valence-corrected chi connectivity index (χ1v) is 25.7. The molecular formula is C66H41N2S2+. The third-order valence-corrected chi connectivity index (χ3v) is 17.2. The van der Waals surface area contributed by atoms with Crippen LogP contribution in [0.1, 0.15) is 0 Å². The van der Waals surface area contributed by atoms with E-state index in [1.54, 1.807) is 0 Å². The highest BCUT2D eigenvalue weighted by atomic mass is 32.1. The summed E-state index contributed by atoms with van der Waals surface area (Å²) in [7, 11) is 0. The van der Waals surface area contributed by atoms with Gasteiger partial charge in [-0.05, 0) is 86.0 Å². The second-order valence-electron chi connectivity index (χ2n) is 18.4. The van der Waals surface area contributed by atoms with Crippen molar-refractivity contribution in [1.29, 1.82) is 0 Å². The van der Waals surface area contributed by atoms with Crippen LogP contribution in [0.4, 0.5) is 22.7 Å². The van der Waals surface area contributed by atoms with E-state index < -0.39 is 0 Å². The Morgan fingerprint density at radius 3 is 1.46 bits per heavy atom. The van der Waals surface area contributed by atoms with Gasteiger partial charge in [0.1, 0.15) is 11.7 Å². The van der Waals surface area contributed by atoms with Crippen molar-refractivity contribution >= 4 is 91.5 Å². The molecule has 2 aliphatic carbocycles. The maximum atomic E-state index is 2.55. The van der Waals surface area contributed by atoms with Crippen LogP contribution >= 0.6 is 22.7 Å². The Bertz CT molecular complexity index is 4240. The van der Waals surface area contributed by atoms with Gasteiger partial charge in [-0.2, -0.15) is 4.58 Å². The molecule has 0 spiro atoms. The summed E-state index contributed by atoms with van der Waals surface area (Å²) >= 11 is 3.81. The van der Waals surface area contributed by atoms with E-state index in [-0.39, 0.29) is 6.04 Å². The van der Waals surface area contributed by atoms with Crippen molar-refractivity contribution in [3.05, 3.63) is 243 Å². The van der Waals surface area contributed by atoms with Crippen molar-refractivity contribution in [2.45, 2.75) is 6.04 Å². The minimum Gasteiger partial charge on any atom is -0.319 e. The molecule has 0 saturated heterocycles. The van der Waals surface area contributed by atoms with Gasteiger partial charge in [0.25, 0.3) is 0 Å². The molecule has 0 fully saturated rings. The minimum absolute atomic E-state index is 0.0375. The molecule has 1 aliphatic heterocycles. The molecule has 15 rings (SSSR count). The number of fused-ring (bicyclic) bond motifs is 16. The lowest BCUT2D eigenvalue weighted by Crippen LogP contribution is -2.44. The number of hydrogen-bond donors (Lipinski definition) is 0. The molecule has 4 heteroatoms. The maximum absolute atomic E-state index is 2.55. The molecule has 2 nitrogen and oxygen atoms in total. The molecule has 70 heavy (non-hydrogen) atoms. The smallest absolute Gasteiger partial charge is 0.235 e. The van der Waals surface area contributed by atoms with E-state index in [4.69, 9.17) is 0 Å². The van der Waals surface area contributed by atoms with Crippen LogP contribution in [0.5, 0.6) is 0 Å². The summed E-state index contributed by atoms with van der Waals surface area (Å²) in [6.07, 6.45) is 9.03. The van der Waals surface area contributed by atoms with Crippen LogP contribution in [-0.2, 0) is 0 Å². The zero-order valence-corrected chi connectivity index (χ0v) is 39.5. The Kier molecular flexibility index (Phi) is 8.80. The Labute approximate surface area is 413 Å². The van der Waals surface area contributed by atoms with Crippen molar-refractivity contribution < 1.29 is 0 Å². The molecule has 0 N–H and O–H groups in total. The topological polar surface area (TPSA) is 6.25 Å². The van der Waals surface area contributed by atoms with Crippen molar-refractivity contribution in [1.82, 2.24) is 4.58 Å². The molecule has 0 saturated carbocycles. The molecular weight excluding hydrogens is 885 g/mol. The molecule has 3 aliphatic rings. The summed E-state index contributed by atoms with van der Waals surface area (Å²) in [5.41, 5.74) is 20.6. The predicted octanol–water partition coefficient (Wildman–Crippen LogP) is 18.7. The van der Waals surface area contributed by atoms with Gasteiger partial charge in [-0.1, -0.05) is 188 Å². The zero-order valence-electron chi connectivity index (χ0n) is 37.9. The monoisotopic (exact) mass is 925 g/mol. The quantitative estimate of drug-likeness (QED) is 0.159. The summed E-state index contributed by atoms with van der Waals surface area (Å²) in [4.78, 5) is 2.55. The van der Waals surface area contributed by atoms with Crippen LogP contribution < -0.4 is 9.48 Å². The molecule has 10 aromatic carbocycles. The second-order valence-corrected chi connectivity index (χ2v) is 20.5. The van der Waals surface area contributed by atoms with E-state index in [0.29, 0.717) is 0 Å². The average molecular weight is 926 g/mol. The van der Waals surface area contributed by atoms with Gasteiger partial charge in [0.05, 0.1) is 0 Å². The van der Waals surface area contributed by atoms with Gasteiger partial charge in [-0.3, -0.25) is 0 Å². The fourth-order valence-electron chi connectivity index (χ4n) is 11.8. The number of allylic oxidation sites excluding steroid dienone is 2.